The Morgan fingerprint density at radius 2 is 2.00 bits per heavy atom. The van der Waals surface area contributed by atoms with Crippen LogP contribution in [-0.4, -0.2) is 27.2 Å². The molecule has 0 heterocycles. The lowest BCUT2D eigenvalue weighted by Gasteiger charge is -2.12. The third kappa shape index (κ3) is 5.41. The fraction of sp³-hybridized carbons (Fsp3) is 0.429. The molecule has 0 amide bonds. The molecule has 3 nitrogen and oxygen atoms in total. The standard InChI is InChI=1S/C14H22N2O/c1-4-17-11-5-10-15-12-13-6-8-14(9-7-13)16(2)3/h4,6-9,15H,1,5,10-12H2,2-3H3. The van der Waals surface area contributed by atoms with Crippen LogP contribution in [0, 0.1) is 0 Å². The molecule has 1 N–H and O–H groups in total. The summed E-state index contributed by atoms with van der Waals surface area (Å²) in [7, 11) is 4.10. The molecule has 0 radical (unpaired) electrons. The second-order valence-electron chi connectivity index (χ2n) is 4.13. The Labute approximate surface area is 104 Å². The first-order valence-corrected chi connectivity index (χ1v) is 5.93. The third-order valence-electron chi connectivity index (χ3n) is 2.52. The largest absolute Gasteiger partial charge is 0.502 e. The molecule has 17 heavy (non-hydrogen) atoms. The van der Waals surface area contributed by atoms with Crippen LogP contribution < -0.4 is 10.2 Å². The Bertz CT molecular complexity index is 319. The highest BCUT2D eigenvalue weighted by molar-refractivity contribution is 5.45. The Morgan fingerprint density at radius 3 is 2.59 bits per heavy atom. The molecule has 1 aromatic rings. The molecular weight excluding hydrogens is 212 g/mol. The molecule has 0 saturated carbocycles. The molecule has 3 heteroatoms. The predicted molar refractivity (Wildman–Crippen MR) is 73.2 cm³/mol. The van der Waals surface area contributed by atoms with Gasteiger partial charge in [0.1, 0.15) is 0 Å². The van der Waals surface area contributed by atoms with Crippen LogP contribution >= 0.6 is 0 Å². The Kier molecular flexibility index (Phi) is 6.18. The van der Waals surface area contributed by atoms with Crippen molar-refractivity contribution in [3.05, 3.63) is 42.7 Å². The predicted octanol–water partition coefficient (Wildman–Crippen LogP) is 2.39. The Hall–Kier alpha value is -1.48. The smallest absolute Gasteiger partial charge is 0.0885 e. The van der Waals surface area contributed by atoms with Gasteiger partial charge in [-0.2, -0.15) is 0 Å². The molecular formula is C14H22N2O. The molecule has 1 aromatic carbocycles. The van der Waals surface area contributed by atoms with E-state index < -0.39 is 0 Å². The highest BCUT2D eigenvalue weighted by atomic mass is 16.5. The van der Waals surface area contributed by atoms with Gasteiger partial charge in [0.25, 0.3) is 0 Å². The number of benzene rings is 1. The topological polar surface area (TPSA) is 24.5 Å². The SMILES string of the molecule is C=COCCCNCc1ccc(N(C)C)cc1. The van der Waals surface area contributed by atoms with Crippen LogP contribution in [0.15, 0.2) is 37.1 Å². The lowest BCUT2D eigenvalue weighted by molar-refractivity contribution is 0.244. The van der Waals surface area contributed by atoms with E-state index >= 15 is 0 Å². The summed E-state index contributed by atoms with van der Waals surface area (Å²) in [4.78, 5) is 2.10. The zero-order chi connectivity index (χ0) is 12.5. The van der Waals surface area contributed by atoms with Crippen LogP contribution in [0.3, 0.4) is 0 Å². The van der Waals surface area contributed by atoms with Gasteiger partial charge in [-0.05, 0) is 30.7 Å². The molecule has 0 aliphatic carbocycles. The van der Waals surface area contributed by atoms with Crippen LogP contribution in [0.1, 0.15) is 12.0 Å². The summed E-state index contributed by atoms with van der Waals surface area (Å²) in [6.07, 6.45) is 2.49. The van der Waals surface area contributed by atoms with Crippen molar-refractivity contribution in [2.24, 2.45) is 0 Å². The maximum atomic E-state index is 5.05. The summed E-state index contributed by atoms with van der Waals surface area (Å²) in [5.41, 5.74) is 2.54. The summed E-state index contributed by atoms with van der Waals surface area (Å²) in [6, 6.07) is 8.58. The fourth-order valence-electron chi connectivity index (χ4n) is 1.51. The molecule has 0 atom stereocenters. The number of nitrogens with zero attached hydrogens (tertiary/aromatic N) is 1. The van der Waals surface area contributed by atoms with Gasteiger partial charge in [0.05, 0.1) is 12.9 Å². The molecule has 0 aliphatic heterocycles. The van der Waals surface area contributed by atoms with Crippen molar-refractivity contribution in [3.8, 4) is 0 Å². The quantitative estimate of drug-likeness (QED) is 0.552. The van der Waals surface area contributed by atoms with Crippen molar-refractivity contribution in [1.82, 2.24) is 5.32 Å². The van der Waals surface area contributed by atoms with Crippen molar-refractivity contribution in [2.45, 2.75) is 13.0 Å². The van der Waals surface area contributed by atoms with Crippen molar-refractivity contribution in [1.29, 1.82) is 0 Å². The molecule has 0 unspecified atom stereocenters. The van der Waals surface area contributed by atoms with Gasteiger partial charge in [0.2, 0.25) is 0 Å². The van der Waals surface area contributed by atoms with Crippen molar-refractivity contribution in [2.75, 3.05) is 32.1 Å². The van der Waals surface area contributed by atoms with Gasteiger partial charge >= 0.3 is 0 Å². The zero-order valence-electron chi connectivity index (χ0n) is 10.8. The fourth-order valence-corrected chi connectivity index (χ4v) is 1.51. The van der Waals surface area contributed by atoms with Gasteiger partial charge in [-0.25, -0.2) is 0 Å². The van der Waals surface area contributed by atoms with Crippen LogP contribution in [-0.2, 0) is 11.3 Å². The third-order valence-corrected chi connectivity index (χ3v) is 2.52. The summed E-state index contributed by atoms with van der Waals surface area (Å²) < 4.78 is 5.05. The second kappa shape index (κ2) is 7.74. The number of ether oxygens (including phenoxy) is 1. The molecule has 1 rings (SSSR count). The molecule has 0 fully saturated rings. The average molecular weight is 234 g/mol. The molecule has 0 saturated heterocycles. The van der Waals surface area contributed by atoms with E-state index in [1.807, 2.05) is 14.1 Å². The minimum atomic E-state index is 0.732. The lowest BCUT2D eigenvalue weighted by Crippen LogP contribution is -2.16. The van der Waals surface area contributed by atoms with Gasteiger partial charge in [0, 0.05) is 26.3 Å². The first-order chi connectivity index (χ1) is 8.24. The number of anilines is 1. The summed E-state index contributed by atoms with van der Waals surface area (Å²) >= 11 is 0. The average Bonchev–Trinajstić information content (AvgIpc) is 2.34. The number of rotatable bonds is 8. The number of hydrogen-bond donors (Lipinski definition) is 1. The minimum Gasteiger partial charge on any atom is -0.502 e. The van der Waals surface area contributed by atoms with Gasteiger partial charge < -0.3 is 15.0 Å². The Morgan fingerprint density at radius 1 is 1.29 bits per heavy atom. The van der Waals surface area contributed by atoms with E-state index in [1.54, 1.807) is 0 Å². The van der Waals surface area contributed by atoms with Gasteiger partial charge in [-0.15, -0.1) is 0 Å². The van der Waals surface area contributed by atoms with E-state index in [1.165, 1.54) is 17.5 Å². The normalized spacial score (nSPS) is 10.0. The summed E-state index contributed by atoms with van der Waals surface area (Å²) in [5, 5.41) is 3.38. The molecule has 0 spiro atoms. The van der Waals surface area contributed by atoms with Gasteiger partial charge in [-0.1, -0.05) is 18.7 Å². The van der Waals surface area contributed by atoms with Crippen LogP contribution in [0.25, 0.3) is 0 Å². The van der Waals surface area contributed by atoms with Crippen molar-refractivity contribution in [3.63, 3.8) is 0 Å². The molecule has 0 bridgehead atoms. The van der Waals surface area contributed by atoms with E-state index in [0.29, 0.717) is 0 Å². The van der Waals surface area contributed by atoms with Crippen LogP contribution in [0.4, 0.5) is 5.69 Å². The van der Waals surface area contributed by atoms with E-state index in [9.17, 15) is 0 Å². The first kappa shape index (κ1) is 13.6. The Balaban J connectivity index is 2.21. The maximum absolute atomic E-state index is 5.05. The van der Waals surface area contributed by atoms with E-state index in [0.717, 1.165) is 26.1 Å². The first-order valence-electron chi connectivity index (χ1n) is 5.93. The molecule has 0 aliphatic rings. The van der Waals surface area contributed by atoms with Crippen molar-refractivity contribution >= 4 is 5.69 Å². The van der Waals surface area contributed by atoms with E-state index in [4.69, 9.17) is 4.74 Å². The van der Waals surface area contributed by atoms with Gasteiger partial charge in [0.15, 0.2) is 0 Å². The minimum absolute atomic E-state index is 0.732. The van der Waals surface area contributed by atoms with Crippen LogP contribution in [0.2, 0.25) is 0 Å². The van der Waals surface area contributed by atoms with Crippen LogP contribution in [0.5, 0.6) is 0 Å². The summed E-state index contributed by atoms with van der Waals surface area (Å²) in [5.74, 6) is 0. The second-order valence-corrected chi connectivity index (χ2v) is 4.13. The maximum Gasteiger partial charge on any atom is 0.0885 e. The number of nitrogens with one attached hydrogen (secondary N) is 1. The molecule has 0 aromatic heterocycles. The van der Waals surface area contributed by atoms with Crippen molar-refractivity contribution < 1.29 is 4.74 Å². The monoisotopic (exact) mass is 234 g/mol. The van der Waals surface area contributed by atoms with E-state index in [2.05, 4.69) is 41.1 Å². The summed E-state index contributed by atoms with van der Waals surface area (Å²) in [6.45, 7) is 6.10. The zero-order valence-corrected chi connectivity index (χ0v) is 10.8. The highest BCUT2D eigenvalue weighted by Crippen LogP contribution is 2.11. The lowest BCUT2D eigenvalue weighted by atomic mass is 10.2. The molecule has 94 valence electrons. The highest BCUT2D eigenvalue weighted by Gasteiger charge is 1.96. The number of hydrogen-bond acceptors (Lipinski definition) is 3. The van der Waals surface area contributed by atoms with Gasteiger partial charge in [-0.3, -0.25) is 0 Å². The van der Waals surface area contributed by atoms with E-state index in [-0.39, 0.29) is 0 Å².